The lowest BCUT2D eigenvalue weighted by atomic mass is 9.90. The Balaban J connectivity index is 1.58. The summed E-state index contributed by atoms with van der Waals surface area (Å²) in [4.78, 5) is 15.7. The number of carbonyl (C=O) groups is 1. The van der Waals surface area contributed by atoms with Crippen LogP contribution in [0.1, 0.15) is 30.5 Å². The van der Waals surface area contributed by atoms with Crippen LogP contribution in [0.4, 0.5) is 11.4 Å². The van der Waals surface area contributed by atoms with Gasteiger partial charge in [-0.1, -0.05) is 60.1 Å². The first-order valence-corrected chi connectivity index (χ1v) is 13.4. The number of hydrogen-bond acceptors (Lipinski definition) is 7. The SMILES string of the molecule is CCN1c2ccc(OC)c(OC)c2C(O)=C(C(=O)CC(Nc2cccc3ccccc23)c2ccc(Cl)cc2)C1O. The van der Waals surface area contributed by atoms with Crippen LogP contribution in [0.15, 0.2) is 84.4 Å². The third-order valence-corrected chi connectivity index (χ3v) is 7.55. The lowest BCUT2D eigenvalue weighted by Crippen LogP contribution is -2.42. The number of rotatable bonds is 9. The Bertz CT molecular complexity index is 1580. The molecule has 1 heterocycles. The van der Waals surface area contributed by atoms with Crippen molar-refractivity contribution in [3.63, 3.8) is 0 Å². The van der Waals surface area contributed by atoms with Gasteiger partial charge in [-0.25, -0.2) is 0 Å². The highest BCUT2D eigenvalue weighted by atomic mass is 35.5. The lowest BCUT2D eigenvalue weighted by molar-refractivity contribution is -0.116. The largest absolute Gasteiger partial charge is 0.506 e. The van der Waals surface area contributed by atoms with Crippen molar-refractivity contribution >= 4 is 45.3 Å². The summed E-state index contributed by atoms with van der Waals surface area (Å²) in [6.45, 7) is 2.26. The maximum atomic E-state index is 14.0. The van der Waals surface area contributed by atoms with Gasteiger partial charge in [-0.15, -0.1) is 0 Å². The van der Waals surface area contributed by atoms with Gasteiger partial charge in [0.25, 0.3) is 0 Å². The van der Waals surface area contributed by atoms with Gasteiger partial charge in [0.2, 0.25) is 0 Å². The summed E-state index contributed by atoms with van der Waals surface area (Å²) >= 11 is 6.17. The molecule has 0 saturated carbocycles. The average molecular weight is 559 g/mol. The van der Waals surface area contributed by atoms with Crippen molar-refractivity contribution in [2.24, 2.45) is 0 Å². The van der Waals surface area contributed by atoms with Crippen molar-refractivity contribution < 1.29 is 24.5 Å². The van der Waals surface area contributed by atoms with Crippen molar-refractivity contribution in [3.05, 3.63) is 101 Å². The third-order valence-electron chi connectivity index (χ3n) is 7.30. The zero-order chi connectivity index (χ0) is 28.4. The van der Waals surface area contributed by atoms with E-state index >= 15 is 0 Å². The van der Waals surface area contributed by atoms with Crippen LogP contribution in [0.2, 0.25) is 5.02 Å². The van der Waals surface area contributed by atoms with Gasteiger partial charge in [0, 0.05) is 29.1 Å². The van der Waals surface area contributed by atoms with E-state index in [2.05, 4.69) is 5.32 Å². The minimum Gasteiger partial charge on any atom is -0.506 e. The van der Waals surface area contributed by atoms with E-state index in [-0.39, 0.29) is 23.5 Å². The number of Topliss-reactive ketones (excluding diaryl/α,β-unsaturated/α-hetero) is 1. The molecule has 0 radical (unpaired) electrons. The molecule has 4 aromatic carbocycles. The molecule has 0 aromatic heterocycles. The Labute approximate surface area is 238 Å². The molecule has 40 heavy (non-hydrogen) atoms. The number of methoxy groups -OCH3 is 2. The Morgan fingerprint density at radius 3 is 2.42 bits per heavy atom. The van der Waals surface area contributed by atoms with Crippen molar-refractivity contribution in [3.8, 4) is 11.5 Å². The van der Waals surface area contributed by atoms with E-state index in [1.165, 1.54) is 14.2 Å². The fraction of sp³-hybridized carbons (Fsp3) is 0.219. The molecule has 1 aliphatic heterocycles. The summed E-state index contributed by atoms with van der Waals surface area (Å²) in [5, 5.41) is 29.0. The summed E-state index contributed by atoms with van der Waals surface area (Å²) in [7, 11) is 2.97. The van der Waals surface area contributed by atoms with E-state index in [0.29, 0.717) is 28.6 Å². The van der Waals surface area contributed by atoms with Gasteiger partial charge in [0.15, 0.2) is 23.5 Å². The number of hydrogen-bond donors (Lipinski definition) is 3. The number of ketones is 1. The normalized spacial score (nSPS) is 15.5. The summed E-state index contributed by atoms with van der Waals surface area (Å²) < 4.78 is 11.0. The quantitative estimate of drug-likeness (QED) is 0.209. The zero-order valence-corrected chi connectivity index (χ0v) is 23.3. The predicted molar refractivity (Wildman–Crippen MR) is 160 cm³/mol. The van der Waals surface area contributed by atoms with Crippen molar-refractivity contribution in [2.45, 2.75) is 25.6 Å². The van der Waals surface area contributed by atoms with Gasteiger partial charge in [-0.2, -0.15) is 0 Å². The van der Waals surface area contributed by atoms with Crippen LogP contribution >= 0.6 is 11.6 Å². The summed E-state index contributed by atoms with van der Waals surface area (Å²) in [6, 6.07) is 24.2. The molecule has 0 bridgehead atoms. The molecule has 206 valence electrons. The number of ether oxygens (including phenoxy) is 2. The molecule has 5 rings (SSSR count). The van der Waals surface area contributed by atoms with Crippen LogP contribution < -0.4 is 19.7 Å². The minimum absolute atomic E-state index is 0.0412. The molecule has 3 N–H and O–H groups in total. The van der Waals surface area contributed by atoms with Gasteiger partial charge < -0.3 is 29.9 Å². The molecule has 0 amide bonds. The van der Waals surface area contributed by atoms with Gasteiger partial charge in [0.05, 0.1) is 37.1 Å². The second-order valence-corrected chi connectivity index (χ2v) is 9.96. The maximum absolute atomic E-state index is 14.0. The second kappa shape index (κ2) is 11.5. The number of aliphatic hydroxyl groups excluding tert-OH is 2. The van der Waals surface area contributed by atoms with Crippen LogP contribution in [0.5, 0.6) is 11.5 Å². The number of halogens is 1. The fourth-order valence-electron chi connectivity index (χ4n) is 5.33. The van der Waals surface area contributed by atoms with Gasteiger partial charge in [0.1, 0.15) is 5.76 Å². The number of benzene rings is 4. The molecule has 1 aliphatic rings. The molecule has 7 nitrogen and oxygen atoms in total. The minimum atomic E-state index is -1.34. The van der Waals surface area contributed by atoms with Crippen LogP contribution in [0, 0.1) is 0 Å². The highest BCUT2D eigenvalue weighted by molar-refractivity contribution is 6.30. The van der Waals surface area contributed by atoms with Gasteiger partial charge in [-0.05, 0) is 48.2 Å². The zero-order valence-electron chi connectivity index (χ0n) is 22.5. The number of nitrogens with zero attached hydrogens (tertiary/aromatic N) is 1. The Morgan fingerprint density at radius 1 is 1.00 bits per heavy atom. The Hall–Kier alpha value is -4.20. The fourth-order valence-corrected chi connectivity index (χ4v) is 5.46. The topological polar surface area (TPSA) is 91.3 Å². The second-order valence-electron chi connectivity index (χ2n) is 9.52. The monoisotopic (exact) mass is 558 g/mol. The van der Waals surface area contributed by atoms with Crippen molar-refractivity contribution in [1.82, 2.24) is 0 Å². The number of likely N-dealkylation sites (N-methyl/N-ethyl adjacent to an activating group) is 1. The van der Waals surface area contributed by atoms with E-state index in [1.807, 2.05) is 61.5 Å². The first-order chi connectivity index (χ1) is 19.4. The predicted octanol–water partition coefficient (Wildman–Crippen LogP) is 6.75. The van der Waals surface area contributed by atoms with E-state index in [9.17, 15) is 15.0 Å². The molecule has 8 heteroatoms. The molecule has 2 unspecified atom stereocenters. The Kier molecular flexibility index (Phi) is 7.87. The number of aliphatic hydroxyl groups is 2. The number of carbonyl (C=O) groups excluding carboxylic acids is 1. The molecule has 2 atom stereocenters. The third kappa shape index (κ3) is 4.94. The lowest BCUT2D eigenvalue weighted by Gasteiger charge is -2.37. The molecule has 0 saturated heterocycles. The van der Waals surface area contributed by atoms with Crippen LogP contribution in [0.3, 0.4) is 0 Å². The highest BCUT2D eigenvalue weighted by Crippen LogP contribution is 2.46. The van der Waals surface area contributed by atoms with Crippen LogP contribution in [-0.4, -0.2) is 43.0 Å². The summed E-state index contributed by atoms with van der Waals surface area (Å²) in [6.07, 6.45) is -1.38. The summed E-state index contributed by atoms with van der Waals surface area (Å²) in [5.41, 5.74) is 2.45. The molecule has 4 aromatic rings. The number of nitrogens with one attached hydrogen (secondary N) is 1. The molecule has 0 aliphatic carbocycles. The Morgan fingerprint density at radius 2 is 1.73 bits per heavy atom. The van der Waals surface area contributed by atoms with E-state index in [1.54, 1.807) is 29.2 Å². The number of anilines is 2. The van der Waals surface area contributed by atoms with E-state index in [0.717, 1.165) is 22.0 Å². The van der Waals surface area contributed by atoms with Crippen molar-refractivity contribution in [1.29, 1.82) is 0 Å². The molecular weight excluding hydrogens is 528 g/mol. The standard InChI is InChI=1S/C32H31ClN2O5/c1-4-35-25-16-17-27(39-2)31(40-3)28(25)30(37)29(32(35)38)26(36)18-24(20-12-14-21(33)15-13-20)34-23-11-7-9-19-8-5-6-10-22(19)23/h5-17,24,32,34,37-38H,4,18H2,1-3H3. The molecular formula is C32H31ClN2O5. The van der Waals surface area contributed by atoms with E-state index < -0.39 is 18.1 Å². The summed E-state index contributed by atoms with van der Waals surface area (Å²) in [5.74, 6) is -0.0420. The first-order valence-electron chi connectivity index (χ1n) is 13.0. The maximum Gasteiger partial charge on any atom is 0.173 e. The van der Waals surface area contributed by atoms with Crippen LogP contribution in [-0.2, 0) is 4.79 Å². The van der Waals surface area contributed by atoms with Gasteiger partial charge >= 0.3 is 0 Å². The smallest absolute Gasteiger partial charge is 0.173 e. The van der Waals surface area contributed by atoms with E-state index in [4.69, 9.17) is 21.1 Å². The average Bonchev–Trinajstić information content (AvgIpc) is 2.97. The molecule has 0 spiro atoms. The number of fused-ring (bicyclic) bond motifs is 2. The van der Waals surface area contributed by atoms with Crippen LogP contribution in [0.25, 0.3) is 16.5 Å². The van der Waals surface area contributed by atoms with Gasteiger partial charge in [-0.3, -0.25) is 4.79 Å². The van der Waals surface area contributed by atoms with Crippen molar-refractivity contribution in [2.75, 3.05) is 31.0 Å². The first kappa shape index (κ1) is 27.4. The highest BCUT2D eigenvalue weighted by Gasteiger charge is 2.38. The molecule has 0 fully saturated rings.